The normalized spacial score (nSPS) is 13.6. The summed E-state index contributed by atoms with van der Waals surface area (Å²) >= 11 is 0. The number of nitrogens with one attached hydrogen (secondary N) is 1. The topological polar surface area (TPSA) is 169 Å². The average molecular weight is 930 g/mol. The second kappa shape index (κ2) is 47.7. The summed E-state index contributed by atoms with van der Waals surface area (Å²) in [6.45, 7) is 2.64. The van der Waals surface area contributed by atoms with Gasteiger partial charge in [-0.3, -0.25) is 18.6 Å². The largest absolute Gasteiger partial charge is 0.480 e. The zero-order chi connectivity index (χ0) is 47.0. The lowest BCUT2D eigenvalue weighted by molar-refractivity contribution is -0.147. The first-order chi connectivity index (χ1) is 31.1. The van der Waals surface area contributed by atoms with Gasteiger partial charge in [0.1, 0.15) is 12.7 Å². The van der Waals surface area contributed by atoms with Gasteiger partial charge in [0, 0.05) is 12.8 Å². The van der Waals surface area contributed by atoms with Crippen molar-refractivity contribution in [3.8, 4) is 0 Å². The lowest BCUT2D eigenvalue weighted by atomic mass is 10.0. The molecule has 0 aromatic carbocycles. The van der Waals surface area contributed by atoms with Crippen molar-refractivity contribution in [1.29, 1.82) is 0 Å². The lowest BCUT2D eigenvalue weighted by Gasteiger charge is -2.18. The number of hydrogen-bond donors (Lipinski definition) is 4. The van der Waals surface area contributed by atoms with Gasteiger partial charge in [-0.1, -0.05) is 231 Å². The van der Waals surface area contributed by atoms with Crippen LogP contribution in [0.3, 0.4) is 0 Å². The van der Waals surface area contributed by atoms with E-state index in [0.717, 1.165) is 51.4 Å². The Bertz CT molecular complexity index is 1140. The molecule has 12 heteroatoms. The smallest absolute Gasteiger partial charge is 0.472 e. The van der Waals surface area contributed by atoms with Crippen LogP contribution >= 0.6 is 7.82 Å². The summed E-state index contributed by atoms with van der Waals surface area (Å²) in [5, 5.41) is 21.9. The van der Waals surface area contributed by atoms with E-state index in [0.29, 0.717) is 12.8 Å². The van der Waals surface area contributed by atoms with Crippen LogP contribution in [-0.4, -0.2) is 64.9 Å². The van der Waals surface area contributed by atoms with E-state index in [1.807, 2.05) is 0 Å². The molecule has 0 heterocycles. The minimum absolute atomic E-state index is 0.144. The second-order valence-corrected chi connectivity index (χ2v) is 19.9. The van der Waals surface area contributed by atoms with Crippen molar-refractivity contribution < 1.29 is 47.8 Å². The van der Waals surface area contributed by atoms with E-state index in [1.54, 1.807) is 0 Å². The number of esters is 1. The summed E-state index contributed by atoms with van der Waals surface area (Å²) in [5.74, 6) is -2.36. The highest BCUT2D eigenvalue weighted by Crippen LogP contribution is 2.43. The van der Waals surface area contributed by atoms with E-state index in [4.69, 9.17) is 13.8 Å². The highest BCUT2D eigenvalue weighted by Gasteiger charge is 2.28. The van der Waals surface area contributed by atoms with Gasteiger partial charge in [0.15, 0.2) is 6.04 Å². The van der Waals surface area contributed by atoms with Crippen LogP contribution in [0.5, 0.6) is 0 Å². The Kier molecular flexibility index (Phi) is 46.4. The van der Waals surface area contributed by atoms with Crippen LogP contribution < -0.4 is 5.32 Å². The molecule has 0 aromatic rings. The molecule has 0 fully saturated rings. The maximum atomic E-state index is 12.3. The Morgan fingerprint density at radius 3 is 1.19 bits per heavy atom. The van der Waals surface area contributed by atoms with Crippen LogP contribution in [0.15, 0.2) is 12.2 Å². The lowest BCUT2D eigenvalue weighted by Crippen LogP contribution is -2.43. The van der Waals surface area contributed by atoms with Gasteiger partial charge in [-0.2, -0.15) is 0 Å². The number of carbonyl (C=O) groups excluding carboxylic acids is 2. The van der Waals surface area contributed by atoms with Crippen LogP contribution in [0.1, 0.15) is 271 Å². The molecule has 0 saturated heterocycles. The van der Waals surface area contributed by atoms with Crippen LogP contribution in [0, 0.1) is 0 Å². The molecule has 11 nitrogen and oxygen atoms in total. The number of phosphoric acid groups is 1. The van der Waals surface area contributed by atoms with Crippen molar-refractivity contribution in [3.63, 3.8) is 0 Å². The van der Waals surface area contributed by atoms with Gasteiger partial charge >= 0.3 is 19.8 Å². The van der Waals surface area contributed by atoms with Crippen molar-refractivity contribution in [2.45, 2.75) is 283 Å². The molecule has 3 atom stereocenters. The minimum atomic E-state index is -4.76. The monoisotopic (exact) mass is 930 g/mol. The summed E-state index contributed by atoms with van der Waals surface area (Å²) in [4.78, 5) is 46.1. The van der Waals surface area contributed by atoms with Gasteiger partial charge in [-0.15, -0.1) is 0 Å². The third kappa shape index (κ3) is 46.7. The maximum Gasteiger partial charge on any atom is 0.472 e. The highest BCUT2D eigenvalue weighted by atomic mass is 31.2. The molecule has 4 N–H and O–H groups in total. The zero-order valence-corrected chi connectivity index (χ0v) is 42.3. The third-order valence-electron chi connectivity index (χ3n) is 12.1. The Labute approximate surface area is 392 Å². The summed E-state index contributed by atoms with van der Waals surface area (Å²) in [6.07, 6.45) is 51.0. The first-order valence-corrected chi connectivity index (χ1v) is 28.2. The molecule has 64 heavy (non-hydrogen) atoms. The van der Waals surface area contributed by atoms with E-state index in [1.165, 1.54) is 180 Å². The first-order valence-electron chi connectivity index (χ1n) is 26.7. The molecule has 0 rings (SSSR count). The summed E-state index contributed by atoms with van der Waals surface area (Å²) < 4.78 is 27.0. The molecule has 0 saturated carbocycles. The number of carbonyl (C=O) groups is 3. The molecule has 0 radical (unpaired) electrons. The number of aliphatic hydroxyl groups is 1. The van der Waals surface area contributed by atoms with Crippen LogP contribution in [0.4, 0.5) is 0 Å². The third-order valence-corrected chi connectivity index (χ3v) is 13.0. The number of amides is 1. The number of phosphoric ester groups is 1. The summed E-state index contributed by atoms with van der Waals surface area (Å²) in [7, 11) is -4.76. The van der Waals surface area contributed by atoms with Gasteiger partial charge in [-0.05, 0) is 38.5 Å². The Hall–Kier alpha value is -1.78. The van der Waals surface area contributed by atoms with E-state index < -0.39 is 57.6 Å². The molecule has 1 amide bonds. The molecular weight excluding hydrogens is 830 g/mol. The summed E-state index contributed by atoms with van der Waals surface area (Å²) in [5.41, 5.74) is 0. The van der Waals surface area contributed by atoms with Crippen molar-refractivity contribution in [1.82, 2.24) is 5.32 Å². The Morgan fingerprint density at radius 2 is 0.812 bits per heavy atom. The molecule has 0 bridgehead atoms. The van der Waals surface area contributed by atoms with E-state index in [-0.39, 0.29) is 12.8 Å². The van der Waals surface area contributed by atoms with Gasteiger partial charge in [-0.25, -0.2) is 9.36 Å². The number of aliphatic carboxylic acids is 1. The Morgan fingerprint density at radius 1 is 0.484 bits per heavy atom. The Balaban J connectivity index is 3.76. The number of unbranched alkanes of at least 4 members (excludes halogenated alkanes) is 35. The van der Waals surface area contributed by atoms with Crippen molar-refractivity contribution in [2.75, 3.05) is 19.8 Å². The van der Waals surface area contributed by atoms with Crippen molar-refractivity contribution >= 4 is 25.7 Å². The molecular formula is C52H100NO10P. The van der Waals surface area contributed by atoms with Crippen molar-refractivity contribution in [3.05, 3.63) is 12.2 Å². The van der Waals surface area contributed by atoms with Crippen LogP contribution in [0.25, 0.3) is 0 Å². The standard InChI is InChI=1S/C52H100NO10P/c1-3-5-7-9-11-13-15-17-19-21-22-23-24-25-26-28-30-32-34-36-38-40-42-44-51(56)61-45-48(54)46-62-64(59,60)63-47-49(52(57)58)53-50(55)43-41-39-37-35-33-31-29-27-20-18-16-14-12-10-8-6-4-2/h18,20,48-49,54H,3-17,19,21-47H2,1-2H3,(H,53,55)(H,57,58)(H,59,60)/b20-18-. The average Bonchev–Trinajstić information content (AvgIpc) is 3.27. The van der Waals surface area contributed by atoms with Crippen LogP contribution in [-0.2, 0) is 32.7 Å². The number of rotatable bonds is 51. The molecule has 0 aliphatic carbocycles. The molecule has 3 unspecified atom stereocenters. The van der Waals surface area contributed by atoms with Crippen LogP contribution in [0.2, 0.25) is 0 Å². The van der Waals surface area contributed by atoms with E-state index >= 15 is 0 Å². The molecule has 0 aliphatic heterocycles. The van der Waals surface area contributed by atoms with Gasteiger partial charge in [0.2, 0.25) is 5.91 Å². The second-order valence-electron chi connectivity index (χ2n) is 18.4. The quantitative estimate of drug-likeness (QED) is 0.0199. The number of carboxylic acids is 1. The molecule has 0 spiro atoms. The maximum absolute atomic E-state index is 12.3. The number of hydrogen-bond acceptors (Lipinski definition) is 8. The predicted molar refractivity (Wildman–Crippen MR) is 263 cm³/mol. The fraction of sp³-hybridized carbons (Fsp3) is 0.904. The number of carboxylic acid groups (broad SMARTS) is 1. The fourth-order valence-electron chi connectivity index (χ4n) is 7.90. The highest BCUT2D eigenvalue weighted by molar-refractivity contribution is 7.47. The predicted octanol–water partition coefficient (Wildman–Crippen LogP) is 14.8. The minimum Gasteiger partial charge on any atom is -0.480 e. The molecule has 0 aliphatic rings. The fourth-order valence-corrected chi connectivity index (χ4v) is 8.67. The molecule has 378 valence electrons. The van der Waals surface area contributed by atoms with E-state index in [2.05, 4.69) is 31.3 Å². The van der Waals surface area contributed by atoms with Gasteiger partial charge in [0.05, 0.1) is 13.2 Å². The van der Waals surface area contributed by atoms with E-state index in [9.17, 15) is 34.1 Å². The first kappa shape index (κ1) is 62.2. The van der Waals surface area contributed by atoms with Crippen molar-refractivity contribution in [2.24, 2.45) is 0 Å². The number of aliphatic hydroxyl groups excluding tert-OH is 1. The van der Waals surface area contributed by atoms with Gasteiger partial charge in [0.25, 0.3) is 0 Å². The number of allylic oxidation sites excluding steroid dienone is 2. The van der Waals surface area contributed by atoms with Gasteiger partial charge < -0.3 is 25.2 Å². The molecule has 0 aromatic heterocycles. The number of ether oxygens (including phenoxy) is 1. The SMILES string of the molecule is CCCCCCCC/C=C\CCCCCCCCCC(=O)NC(COP(=O)(O)OCC(O)COC(=O)CCCCCCCCCCCCCCCCCCCCCCCCC)C(=O)O. The zero-order valence-electron chi connectivity index (χ0n) is 41.4. The summed E-state index contributed by atoms with van der Waals surface area (Å²) in [6, 6.07) is -1.55.